The summed E-state index contributed by atoms with van der Waals surface area (Å²) in [7, 11) is 0. The van der Waals surface area contributed by atoms with Crippen LogP contribution in [0.1, 0.15) is 35.3 Å². The molecule has 0 bridgehead atoms. The van der Waals surface area contributed by atoms with Crippen molar-refractivity contribution in [3.63, 3.8) is 0 Å². The zero-order valence-electron chi connectivity index (χ0n) is 18.3. The van der Waals surface area contributed by atoms with Crippen LogP contribution in [0.5, 0.6) is 11.5 Å². The zero-order chi connectivity index (χ0) is 22.4. The lowest BCUT2D eigenvalue weighted by Crippen LogP contribution is -2.33. The van der Waals surface area contributed by atoms with E-state index in [1.807, 2.05) is 64.1 Å². The third kappa shape index (κ3) is 4.94. The highest BCUT2D eigenvalue weighted by atomic mass is 16.6. The van der Waals surface area contributed by atoms with Gasteiger partial charge in [0.2, 0.25) is 0 Å². The van der Waals surface area contributed by atoms with E-state index >= 15 is 0 Å². The predicted octanol–water partition coefficient (Wildman–Crippen LogP) is 6.03. The Labute approximate surface area is 183 Å². The van der Waals surface area contributed by atoms with Gasteiger partial charge in [-0.3, -0.25) is 0 Å². The van der Waals surface area contributed by atoms with E-state index in [9.17, 15) is 9.59 Å². The van der Waals surface area contributed by atoms with Gasteiger partial charge in [0.15, 0.2) is 11.5 Å². The van der Waals surface area contributed by atoms with Crippen LogP contribution in [0.15, 0.2) is 66.7 Å². The second-order valence-electron chi connectivity index (χ2n) is 7.20. The highest BCUT2D eigenvalue weighted by Gasteiger charge is 2.23. The predicted molar refractivity (Wildman–Crippen MR) is 122 cm³/mol. The molecule has 0 aromatic heterocycles. The lowest BCUT2D eigenvalue weighted by molar-refractivity contribution is 0.0728. The average Bonchev–Trinajstić information content (AvgIpc) is 2.78. The largest absolute Gasteiger partial charge is 0.418 e. The van der Waals surface area contributed by atoms with Gasteiger partial charge in [-0.1, -0.05) is 48.5 Å². The summed E-state index contributed by atoms with van der Waals surface area (Å²) in [5, 5.41) is 0. The van der Waals surface area contributed by atoms with E-state index in [0.717, 1.165) is 22.3 Å². The molecule has 0 aliphatic carbocycles. The number of carbonyl (C=O) groups is 2. The number of rotatable bonds is 6. The number of hydrogen-bond acceptors (Lipinski definition) is 4. The maximum Gasteiger partial charge on any atom is 0.415 e. The standard InChI is InChI=1S/C26H27NO4/c1-5-27(6-2)26(29)30-22-17-16-19(4)23(21-15-11-10-12-18(21)3)24(22)31-25(28)20-13-8-7-9-14-20/h7-17H,5-6H2,1-4H3. The minimum Gasteiger partial charge on any atom is -0.418 e. The van der Waals surface area contributed by atoms with Crippen LogP contribution in [0, 0.1) is 13.8 Å². The molecule has 0 aliphatic heterocycles. The Morgan fingerprint density at radius 3 is 2.06 bits per heavy atom. The fourth-order valence-corrected chi connectivity index (χ4v) is 3.40. The first-order valence-corrected chi connectivity index (χ1v) is 10.4. The SMILES string of the molecule is CCN(CC)C(=O)Oc1ccc(C)c(-c2ccccc2C)c1OC(=O)c1ccccc1. The van der Waals surface area contributed by atoms with Gasteiger partial charge in [-0.15, -0.1) is 0 Å². The number of aryl methyl sites for hydroxylation is 2. The molecule has 0 saturated heterocycles. The molecule has 160 valence electrons. The molecule has 5 nitrogen and oxygen atoms in total. The second-order valence-corrected chi connectivity index (χ2v) is 7.20. The highest BCUT2D eigenvalue weighted by Crippen LogP contribution is 2.42. The fraction of sp³-hybridized carbons (Fsp3) is 0.231. The maximum atomic E-state index is 12.9. The molecule has 1 amide bonds. The lowest BCUT2D eigenvalue weighted by atomic mass is 9.95. The van der Waals surface area contributed by atoms with Gasteiger partial charge in [0.05, 0.1) is 5.56 Å². The Morgan fingerprint density at radius 1 is 0.774 bits per heavy atom. The Kier molecular flexibility index (Phi) is 7.08. The van der Waals surface area contributed by atoms with Crippen molar-refractivity contribution in [3.8, 4) is 22.6 Å². The molecule has 3 aromatic rings. The van der Waals surface area contributed by atoms with Crippen LogP contribution in [-0.4, -0.2) is 30.1 Å². The first-order valence-electron chi connectivity index (χ1n) is 10.4. The van der Waals surface area contributed by atoms with Crippen molar-refractivity contribution in [3.05, 3.63) is 83.4 Å². The van der Waals surface area contributed by atoms with Crippen LogP contribution < -0.4 is 9.47 Å². The molecule has 0 radical (unpaired) electrons. The monoisotopic (exact) mass is 417 g/mol. The van der Waals surface area contributed by atoms with Gasteiger partial charge < -0.3 is 14.4 Å². The lowest BCUT2D eigenvalue weighted by Gasteiger charge is -2.21. The van der Waals surface area contributed by atoms with Crippen LogP contribution in [0.3, 0.4) is 0 Å². The number of hydrogen-bond donors (Lipinski definition) is 0. The molecule has 0 unspecified atom stereocenters. The van der Waals surface area contributed by atoms with E-state index in [-0.39, 0.29) is 11.5 Å². The maximum absolute atomic E-state index is 12.9. The Balaban J connectivity index is 2.12. The number of carbonyl (C=O) groups excluding carboxylic acids is 2. The van der Waals surface area contributed by atoms with E-state index in [2.05, 4.69) is 0 Å². The summed E-state index contributed by atoms with van der Waals surface area (Å²) >= 11 is 0. The molecule has 0 atom stereocenters. The topological polar surface area (TPSA) is 55.8 Å². The summed E-state index contributed by atoms with van der Waals surface area (Å²) in [6.07, 6.45) is -0.485. The third-order valence-electron chi connectivity index (χ3n) is 5.17. The van der Waals surface area contributed by atoms with Crippen molar-refractivity contribution in [2.45, 2.75) is 27.7 Å². The Morgan fingerprint density at radius 2 is 1.42 bits per heavy atom. The molecule has 3 aromatic carbocycles. The number of ether oxygens (including phenoxy) is 2. The van der Waals surface area contributed by atoms with Crippen LogP contribution >= 0.6 is 0 Å². The van der Waals surface area contributed by atoms with Gasteiger partial charge in [-0.05, 0) is 62.6 Å². The first-order chi connectivity index (χ1) is 15.0. The summed E-state index contributed by atoms with van der Waals surface area (Å²) in [6.45, 7) is 8.74. The molecule has 0 N–H and O–H groups in total. The number of amides is 1. The molecule has 0 aliphatic rings. The first kappa shape index (κ1) is 22.1. The van der Waals surface area contributed by atoms with Crippen molar-refractivity contribution in [1.82, 2.24) is 4.90 Å². The molecule has 31 heavy (non-hydrogen) atoms. The second kappa shape index (κ2) is 9.94. The van der Waals surface area contributed by atoms with Gasteiger partial charge in [0.1, 0.15) is 0 Å². The van der Waals surface area contributed by atoms with Crippen molar-refractivity contribution in [2.75, 3.05) is 13.1 Å². The Bertz CT molecular complexity index is 1070. The number of nitrogens with zero attached hydrogens (tertiary/aromatic N) is 1. The molecule has 0 spiro atoms. The third-order valence-corrected chi connectivity index (χ3v) is 5.17. The summed E-state index contributed by atoms with van der Waals surface area (Å²) in [6, 6.07) is 20.1. The van der Waals surface area contributed by atoms with Gasteiger partial charge in [0.25, 0.3) is 0 Å². The van der Waals surface area contributed by atoms with E-state index < -0.39 is 12.1 Å². The quantitative estimate of drug-likeness (QED) is 0.363. The Hall–Kier alpha value is -3.60. The normalized spacial score (nSPS) is 10.5. The van der Waals surface area contributed by atoms with Crippen LogP contribution in [-0.2, 0) is 0 Å². The van der Waals surface area contributed by atoms with E-state index in [0.29, 0.717) is 18.7 Å². The van der Waals surface area contributed by atoms with Gasteiger partial charge in [-0.2, -0.15) is 0 Å². The summed E-state index contributed by atoms with van der Waals surface area (Å²) in [5.74, 6) is -0.0603. The minimum absolute atomic E-state index is 0.213. The molecule has 5 heteroatoms. The molecular formula is C26H27NO4. The summed E-state index contributed by atoms with van der Waals surface area (Å²) < 4.78 is 11.6. The van der Waals surface area contributed by atoms with Gasteiger partial charge >= 0.3 is 12.1 Å². The van der Waals surface area contributed by atoms with Gasteiger partial charge in [0, 0.05) is 18.7 Å². The molecular weight excluding hydrogens is 390 g/mol. The summed E-state index contributed by atoms with van der Waals surface area (Å²) in [5.41, 5.74) is 3.99. The van der Waals surface area contributed by atoms with Crippen LogP contribution in [0.25, 0.3) is 11.1 Å². The van der Waals surface area contributed by atoms with Gasteiger partial charge in [-0.25, -0.2) is 9.59 Å². The number of benzene rings is 3. The van der Waals surface area contributed by atoms with Crippen molar-refractivity contribution in [2.24, 2.45) is 0 Å². The van der Waals surface area contributed by atoms with Crippen molar-refractivity contribution >= 4 is 12.1 Å². The van der Waals surface area contributed by atoms with E-state index in [1.54, 1.807) is 35.2 Å². The molecule has 0 heterocycles. The van der Waals surface area contributed by atoms with Crippen molar-refractivity contribution in [1.29, 1.82) is 0 Å². The van der Waals surface area contributed by atoms with E-state index in [4.69, 9.17) is 9.47 Å². The fourth-order valence-electron chi connectivity index (χ4n) is 3.40. The number of esters is 1. The van der Waals surface area contributed by atoms with E-state index in [1.165, 1.54) is 0 Å². The molecule has 3 rings (SSSR count). The van der Waals surface area contributed by atoms with Crippen LogP contribution in [0.2, 0.25) is 0 Å². The summed E-state index contributed by atoms with van der Waals surface area (Å²) in [4.78, 5) is 27.1. The zero-order valence-corrected chi connectivity index (χ0v) is 18.3. The molecule has 0 saturated carbocycles. The molecule has 0 fully saturated rings. The smallest absolute Gasteiger partial charge is 0.415 e. The van der Waals surface area contributed by atoms with Crippen LogP contribution in [0.4, 0.5) is 4.79 Å². The van der Waals surface area contributed by atoms with Crippen molar-refractivity contribution < 1.29 is 19.1 Å². The highest BCUT2D eigenvalue weighted by molar-refractivity contribution is 5.93. The average molecular weight is 418 g/mol. The minimum atomic E-state index is -0.513.